The van der Waals surface area contributed by atoms with Crippen molar-refractivity contribution in [2.24, 2.45) is 7.05 Å². The zero-order valence-electron chi connectivity index (χ0n) is 22.3. The van der Waals surface area contributed by atoms with Crippen LogP contribution >= 0.6 is 0 Å². The summed E-state index contributed by atoms with van der Waals surface area (Å²) in [7, 11) is 1.86. The molecule has 1 N–H and O–H groups in total. The van der Waals surface area contributed by atoms with Crippen LogP contribution in [0.2, 0.25) is 0 Å². The molecule has 0 saturated carbocycles. The normalized spacial score (nSPS) is 13.5. The zero-order valence-corrected chi connectivity index (χ0v) is 22.3. The van der Waals surface area contributed by atoms with Crippen molar-refractivity contribution in [2.75, 3.05) is 23.3 Å². The Morgan fingerprint density at radius 3 is 2.56 bits per heavy atom. The van der Waals surface area contributed by atoms with E-state index in [1.165, 1.54) is 24.9 Å². The molecule has 39 heavy (non-hydrogen) atoms. The lowest BCUT2D eigenvalue weighted by Crippen LogP contribution is -2.29. The smallest absolute Gasteiger partial charge is 0.167 e. The second-order valence-electron chi connectivity index (χ2n) is 10.1. The molecule has 0 radical (unpaired) electrons. The van der Waals surface area contributed by atoms with Crippen molar-refractivity contribution in [3.05, 3.63) is 89.9 Å². The van der Waals surface area contributed by atoms with Crippen molar-refractivity contribution in [3.8, 4) is 11.4 Å². The van der Waals surface area contributed by atoms with Gasteiger partial charge in [0, 0.05) is 61.5 Å². The number of rotatable bonds is 7. The lowest BCUT2D eigenvalue weighted by molar-refractivity contribution is 0.0993. The van der Waals surface area contributed by atoms with Crippen LogP contribution in [-0.2, 0) is 13.5 Å². The van der Waals surface area contributed by atoms with Crippen molar-refractivity contribution in [3.63, 3.8) is 0 Å². The van der Waals surface area contributed by atoms with Crippen LogP contribution in [-0.4, -0.2) is 43.6 Å². The van der Waals surface area contributed by atoms with E-state index < -0.39 is 0 Å². The highest BCUT2D eigenvalue weighted by Gasteiger charge is 2.16. The van der Waals surface area contributed by atoms with Crippen LogP contribution in [0, 0.1) is 6.92 Å². The van der Waals surface area contributed by atoms with Crippen LogP contribution < -0.4 is 10.2 Å². The van der Waals surface area contributed by atoms with Gasteiger partial charge in [-0.05, 0) is 67.6 Å². The SMILES string of the molecule is Cc1ccc(C(=O)Cc2ccc(N3CCCCC3)cc2)cc1Nc1nc(-c2cccnc2)nc2c1cnn2C. The van der Waals surface area contributed by atoms with Gasteiger partial charge in [0.15, 0.2) is 17.3 Å². The van der Waals surface area contributed by atoms with Gasteiger partial charge in [-0.15, -0.1) is 0 Å². The van der Waals surface area contributed by atoms with E-state index in [9.17, 15) is 4.79 Å². The summed E-state index contributed by atoms with van der Waals surface area (Å²) in [4.78, 5) is 29.4. The molecule has 8 nitrogen and oxygen atoms in total. The van der Waals surface area contributed by atoms with E-state index in [-0.39, 0.29) is 5.78 Å². The molecule has 0 amide bonds. The van der Waals surface area contributed by atoms with Crippen LogP contribution in [0.1, 0.15) is 40.7 Å². The van der Waals surface area contributed by atoms with E-state index in [4.69, 9.17) is 9.97 Å². The summed E-state index contributed by atoms with van der Waals surface area (Å²) >= 11 is 0. The van der Waals surface area contributed by atoms with Gasteiger partial charge in [0.1, 0.15) is 5.82 Å². The molecule has 0 spiro atoms. The number of carbonyl (C=O) groups excluding carboxylic acids is 1. The minimum atomic E-state index is 0.0778. The number of Topliss-reactive ketones (excluding diaryl/α,β-unsaturated/α-hetero) is 1. The highest BCUT2D eigenvalue weighted by Crippen LogP contribution is 2.29. The molecule has 1 fully saturated rings. The number of carbonyl (C=O) groups is 1. The Kier molecular flexibility index (Phi) is 6.75. The van der Waals surface area contributed by atoms with Crippen molar-refractivity contribution in [1.82, 2.24) is 24.7 Å². The highest BCUT2D eigenvalue weighted by molar-refractivity contribution is 5.99. The molecule has 3 aromatic heterocycles. The largest absolute Gasteiger partial charge is 0.372 e. The number of nitrogens with one attached hydrogen (secondary N) is 1. The van der Waals surface area contributed by atoms with Crippen LogP contribution in [0.4, 0.5) is 17.2 Å². The molecular weight excluding hydrogens is 486 g/mol. The quantitative estimate of drug-likeness (QED) is 0.269. The summed E-state index contributed by atoms with van der Waals surface area (Å²) in [6.07, 6.45) is 9.38. The molecule has 196 valence electrons. The summed E-state index contributed by atoms with van der Waals surface area (Å²) < 4.78 is 1.73. The maximum absolute atomic E-state index is 13.3. The molecule has 4 heterocycles. The average molecular weight is 518 g/mol. The fourth-order valence-electron chi connectivity index (χ4n) is 5.06. The summed E-state index contributed by atoms with van der Waals surface area (Å²) in [5, 5.41) is 8.65. The molecule has 0 unspecified atom stereocenters. The zero-order chi connectivity index (χ0) is 26.8. The van der Waals surface area contributed by atoms with E-state index in [0.29, 0.717) is 29.3 Å². The number of benzene rings is 2. The van der Waals surface area contributed by atoms with Gasteiger partial charge in [0.2, 0.25) is 0 Å². The van der Waals surface area contributed by atoms with E-state index >= 15 is 0 Å². The van der Waals surface area contributed by atoms with Gasteiger partial charge >= 0.3 is 0 Å². The summed E-state index contributed by atoms with van der Waals surface area (Å²) in [6.45, 7) is 4.23. The fraction of sp³-hybridized carbons (Fsp3) is 0.258. The van der Waals surface area contributed by atoms with E-state index in [1.54, 1.807) is 23.3 Å². The molecular formula is C31H31N7O. The Hall–Kier alpha value is -4.59. The average Bonchev–Trinajstić information content (AvgIpc) is 3.36. The van der Waals surface area contributed by atoms with Crippen molar-refractivity contribution < 1.29 is 4.79 Å². The number of hydrogen-bond donors (Lipinski definition) is 1. The Labute approximate surface area is 227 Å². The van der Waals surface area contributed by atoms with Crippen LogP contribution in [0.5, 0.6) is 0 Å². The number of nitrogens with zero attached hydrogens (tertiary/aromatic N) is 6. The number of anilines is 3. The number of pyridine rings is 1. The van der Waals surface area contributed by atoms with Crippen molar-refractivity contribution in [1.29, 1.82) is 0 Å². The molecule has 0 atom stereocenters. The first kappa shape index (κ1) is 24.7. The molecule has 5 aromatic rings. The van der Waals surface area contributed by atoms with E-state index in [1.807, 2.05) is 44.3 Å². The van der Waals surface area contributed by atoms with Gasteiger partial charge < -0.3 is 10.2 Å². The first-order valence-corrected chi connectivity index (χ1v) is 13.4. The first-order chi connectivity index (χ1) is 19.0. The third-order valence-corrected chi connectivity index (χ3v) is 7.35. The highest BCUT2D eigenvalue weighted by atomic mass is 16.1. The van der Waals surface area contributed by atoms with Crippen molar-refractivity contribution in [2.45, 2.75) is 32.6 Å². The molecule has 6 rings (SSSR count). The predicted octanol–water partition coefficient (Wildman–Crippen LogP) is 5.89. The monoisotopic (exact) mass is 517 g/mol. The number of aromatic nitrogens is 5. The lowest BCUT2D eigenvalue weighted by atomic mass is 10.0. The second kappa shape index (κ2) is 10.6. The third-order valence-electron chi connectivity index (χ3n) is 7.35. The summed E-state index contributed by atoms with van der Waals surface area (Å²) in [5.74, 6) is 1.27. The van der Waals surface area contributed by atoms with Gasteiger partial charge in [-0.3, -0.25) is 14.5 Å². The van der Waals surface area contributed by atoms with Gasteiger partial charge in [-0.25, -0.2) is 9.97 Å². The Bertz CT molecular complexity index is 1620. The molecule has 1 aliphatic heterocycles. The molecule has 1 saturated heterocycles. The van der Waals surface area contributed by atoms with Crippen LogP contribution in [0.25, 0.3) is 22.4 Å². The van der Waals surface area contributed by atoms with Crippen molar-refractivity contribution >= 4 is 34.0 Å². The molecule has 2 aromatic carbocycles. The molecule has 0 bridgehead atoms. The summed E-state index contributed by atoms with van der Waals surface area (Å²) in [6, 6.07) is 18.0. The number of hydrogen-bond acceptors (Lipinski definition) is 7. The second-order valence-corrected chi connectivity index (χ2v) is 10.1. The number of piperidine rings is 1. The van der Waals surface area contributed by atoms with Gasteiger partial charge in [-0.1, -0.05) is 24.3 Å². The minimum Gasteiger partial charge on any atom is -0.372 e. The number of ketones is 1. The summed E-state index contributed by atoms with van der Waals surface area (Å²) in [5.41, 5.74) is 6.28. The first-order valence-electron chi connectivity index (χ1n) is 13.4. The van der Waals surface area contributed by atoms with Gasteiger partial charge in [0.25, 0.3) is 0 Å². The Morgan fingerprint density at radius 1 is 0.974 bits per heavy atom. The Balaban J connectivity index is 1.25. The maximum Gasteiger partial charge on any atom is 0.167 e. The van der Waals surface area contributed by atoms with Crippen LogP contribution in [0.15, 0.2) is 73.2 Å². The molecule has 0 aliphatic carbocycles. The minimum absolute atomic E-state index is 0.0778. The topological polar surface area (TPSA) is 88.8 Å². The predicted molar refractivity (Wildman–Crippen MR) is 155 cm³/mol. The third kappa shape index (κ3) is 5.23. The van der Waals surface area contributed by atoms with E-state index in [0.717, 1.165) is 40.9 Å². The van der Waals surface area contributed by atoms with Gasteiger partial charge in [-0.2, -0.15) is 5.10 Å². The van der Waals surface area contributed by atoms with Crippen LogP contribution in [0.3, 0.4) is 0 Å². The standard InChI is InChI=1S/C31H31N7O/c1-21-8-11-23(28(39)17-22-9-12-25(13-10-22)38-15-4-3-5-16-38)18-27(21)34-30-26-20-33-37(2)31(26)36-29(35-30)24-7-6-14-32-19-24/h6-14,18-20H,3-5,15-17H2,1-2H3,(H,34,35,36). The number of fused-ring (bicyclic) bond motifs is 1. The molecule has 1 aliphatic rings. The maximum atomic E-state index is 13.3. The Morgan fingerprint density at radius 2 is 1.79 bits per heavy atom. The number of aryl methyl sites for hydroxylation is 2. The van der Waals surface area contributed by atoms with Gasteiger partial charge in [0.05, 0.1) is 11.6 Å². The lowest BCUT2D eigenvalue weighted by Gasteiger charge is -2.28. The fourth-order valence-corrected chi connectivity index (χ4v) is 5.06. The van der Waals surface area contributed by atoms with E-state index in [2.05, 4.69) is 44.6 Å². The molecule has 8 heteroatoms.